The Morgan fingerprint density at radius 1 is 1.22 bits per heavy atom. The quantitative estimate of drug-likeness (QED) is 0.693. The van der Waals surface area contributed by atoms with Gasteiger partial charge in [0.2, 0.25) is 5.91 Å². The van der Waals surface area contributed by atoms with Crippen LogP contribution < -0.4 is 5.32 Å². The van der Waals surface area contributed by atoms with Gasteiger partial charge in [-0.3, -0.25) is 4.79 Å². The topological polar surface area (TPSA) is 59.8 Å². The lowest BCUT2D eigenvalue weighted by Crippen LogP contribution is -2.12. The Labute approximate surface area is 142 Å². The van der Waals surface area contributed by atoms with Crippen LogP contribution in [-0.4, -0.2) is 26.4 Å². The van der Waals surface area contributed by atoms with Crippen LogP contribution in [0, 0.1) is 0 Å². The van der Waals surface area contributed by atoms with E-state index < -0.39 is 0 Å². The number of carbonyl (C=O) groups excluding carboxylic acids is 1. The highest BCUT2D eigenvalue weighted by atomic mass is 32.2. The molecule has 118 valence electrons. The van der Waals surface area contributed by atoms with Gasteiger partial charge in [0.1, 0.15) is 0 Å². The zero-order valence-corrected chi connectivity index (χ0v) is 14.2. The summed E-state index contributed by atoms with van der Waals surface area (Å²) in [5.74, 6) is 1.52. The van der Waals surface area contributed by atoms with Crippen molar-refractivity contribution in [1.29, 1.82) is 0 Å². The molecule has 0 fully saturated rings. The lowest BCUT2D eigenvalue weighted by molar-refractivity contribution is -0.115. The molecular weight excluding hydrogens is 328 g/mol. The Balaban J connectivity index is 1.52. The second-order valence-corrected chi connectivity index (χ2v) is 6.86. The summed E-state index contributed by atoms with van der Waals surface area (Å²) in [5.41, 5.74) is 0.820. The molecule has 0 saturated heterocycles. The molecule has 1 N–H and O–H groups in total. The zero-order valence-electron chi connectivity index (χ0n) is 12.6. The lowest BCUT2D eigenvalue weighted by atomic mass is 10.3. The van der Waals surface area contributed by atoms with E-state index in [9.17, 15) is 4.79 Å². The van der Waals surface area contributed by atoms with E-state index in [-0.39, 0.29) is 5.91 Å². The van der Waals surface area contributed by atoms with Gasteiger partial charge in [0.15, 0.2) is 11.0 Å². The maximum absolute atomic E-state index is 11.9. The van der Waals surface area contributed by atoms with Crippen LogP contribution in [-0.2, 0) is 11.8 Å². The number of carbonyl (C=O) groups is 1. The third-order valence-electron chi connectivity index (χ3n) is 3.19. The molecule has 23 heavy (non-hydrogen) atoms. The summed E-state index contributed by atoms with van der Waals surface area (Å²) in [5, 5.41) is 14.1. The Morgan fingerprint density at radius 3 is 2.78 bits per heavy atom. The first-order chi connectivity index (χ1) is 11.2. The van der Waals surface area contributed by atoms with Gasteiger partial charge in [-0.1, -0.05) is 36.0 Å². The van der Waals surface area contributed by atoms with Crippen molar-refractivity contribution in [2.45, 2.75) is 11.6 Å². The van der Waals surface area contributed by atoms with E-state index in [0.29, 0.717) is 12.2 Å². The number of anilines is 1. The number of thiophene rings is 1. The Bertz CT molecular complexity index is 769. The van der Waals surface area contributed by atoms with Gasteiger partial charge in [-0.25, -0.2) is 0 Å². The minimum Gasteiger partial charge on any atom is -0.326 e. The summed E-state index contributed by atoms with van der Waals surface area (Å²) < 4.78 is 1.96. The minimum absolute atomic E-state index is 0.00403. The fourth-order valence-electron chi connectivity index (χ4n) is 2.04. The molecule has 1 aromatic carbocycles. The summed E-state index contributed by atoms with van der Waals surface area (Å²) in [7, 11) is 1.95. The maximum Gasteiger partial charge on any atom is 0.225 e. The number of aromatic nitrogens is 3. The highest BCUT2D eigenvalue weighted by Gasteiger charge is 2.12. The van der Waals surface area contributed by atoms with Crippen LogP contribution in [0.1, 0.15) is 6.42 Å². The average Bonchev–Trinajstić information content (AvgIpc) is 3.19. The van der Waals surface area contributed by atoms with E-state index in [0.717, 1.165) is 21.5 Å². The van der Waals surface area contributed by atoms with Crippen molar-refractivity contribution in [2.24, 2.45) is 7.05 Å². The molecule has 1 amide bonds. The number of benzene rings is 1. The summed E-state index contributed by atoms with van der Waals surface area (Å²) >= 11 is 3.17. The van der Waals surface area contributed by atoms with Gasteiger partial charge in [0, 0.05) is 24.9 Å². The van der Waals surface area contributed by atoms with E-state index in [2.05, 4.69) is 15.5 Å². The van der Waals surface area contributed by atoms with Crippen LogP contribution in [0.2, 0.25) is 0 Å². The van der Waals surface area contributed by atoms with Gasteiger partial charge >= 0.3 is 0 Å². The predicted molar refractivity (Wildman–Crippen MR) is 94.7 cm³/mol. The van der Waals surface area contributed by atoms with Crippen molar-refractivity contribution < 1.29 is 4.79 Å². The molecule has 0 unspecified atom stereocenters. The summed E-state index contributed by atoms with van der Waals surface area (Å²) in [6, 6.07) is 13.5. The molecule has 2 heterocycles. The third kappa shape index (κ3) is 4.00. The second kappa shape index (κ2) is 7.43. The predicted octanol–water partition coefficient (Wildman–Crippen LogP) is 3.66. The number of thioether (sulfide) groups is 1. The lowest BCUT2D eigenvalue weighted by Gasteiger charge is -2.05. The summed E-state index contributed by atoms with van der Waals surface area (Å²) in [6.45, 7) is 0. The van der Waals surface area contributed by atoms with Crippen molar-refractivity contribution in [3.63, 3.8) is 0 Å². The number of hydrogen-bond donors (Lipinski definition) is 1. The minimum atomic E-state index is 0.00403. The molecule has 0 bridgehead atoms. The largest absolute Gasteiger partial charge is 0.326 e. The summed E-state index contributed by atoms with van der Waals surface area (Å²) in [4.78, 5) is 13.0. The van der Waals surface area contributed by atoms with Gasteiger partial charge < -0.3 is 9.88 Å². The molecule has 2 aromatic heterocycles. The van der Waals surface area contributed by atoms with E-state index in [1.807, 2.05) is 59.5 Å². The van der Waals surface area contributed by atoms with Gasteiger partial charge in [0.05, 0.1) is 4.88 Å². The molecule has 3 rings (SSSR count). The fourth-order valence-corrected chi connectivity index (χ4v) is 3.63. The van der Waals surface area contributed by atoms with Crippen molar-refractivity contribution in [3.05, 3.63) is 47.8 Å². The van der Waals surface area contributed by atoms with Crippen molar-refractivity contribution >= 4 is 34.7 Å². The molecule has 0 aliphatic rings. The van der Waals surface area contributed by atoms with Crippen LogP contribution in [0.3, 0.4) is 0 Å². The smallest absolute Gasteiger partial charge is 0.225 e. The van der Waals surface area contributed by atoms with E-state index >= 15 is 0 Å². The molecule has 0 atom stereocenters. The van der Waals surface area contributed by atoms with Crippen LogP contribution in [0.5, 0.6) is 0 Å². The van der Waals surface area contributed by atoms with Crippen molar-refractivity contribution in [2.75, 3.05) is 11.1 Å². The number of rotatable bonds is 6. The molecule has 0 radical (unpaired) electrons. The molecule has 5 nitrogen and oxygen atoms in total. The summed E-state index contributed by atoms with van der Waals surface area (Å²) in [6.07, 6.45) is 0.431. The van der Waals surface area contributed by atoms with Crippen molar-refractivity contribution in [1.82, 2.24) is 14.8 Å². The first kappa shape index (κ1) is 15.8. The highest BCUT2D eigenvalue weighted by Crippen LogP contribution is 2.26. The molecule has 0 saturated carbocycles. The average molecular weight is 344 g/mol. The molecule has 0 spiro atoms. The van der Waals surface area contributed by atoms with E-state index in [1.54, 1.807) is 11.3 Å². The van der Waals surface area contributed by atoms with Gasteiger partial charge in [-0.15, -0.1) is 21.5 Å². The Hall–Kier alpha value is -2.12. The number of nitrogens with one attached hydrogen (secondary N) is 1. The van der Waals surface area contributed by atoms with Crippen LogP contribution >= 0.6 is 23.1 Å². The van der Waals surface area contributed by atoms with Gasteiger partial charge in [0.25, 0.3) is 0 Å². The van der Waals surface area contributed by atoms with Crippen LogP contribution in [0.25, 0.3) is 10.7 Å². The molecular formula is C16H16N4OS2. The molecule has 7 heteroatoms. The molecule has 3 aromatic rings. The van der Waals surface area contributed by atoms with Gasteiger partial charge in [-0.05, 0) is 23.6 Å². The van der Waals surface area contributed by atoms with E-state index in [4.69, 9.17) is 0 Å². The van der Waals surface area contributed by atoms with Crippen LogP contribution in [0.15, 0.2) is 53.0 Å². The van der Waals surface area contributed by atoms with Crippen LogP contribution in [0.4, 0.5) is 5.69 Å². The monoisotopic (exact) mass is 344 g/mol. The maximum atomic E-state index is 11.9. The highest BCUT2D eigenvalue weighted by molar-refractivity contribution is 7.99. The number of para-hydroxylation sites is 1. The fraction of sp³-hybridized carbons (Fsp3) is 0.188. The Kier molecular flexibility index (Phi) is 5.09. The first-order valence-corrected chi connectivity index (χ1v) is 9.01. The second-order valence-electron chi connectivity index (χ2n) is 4.86. The third-order valence-corrected chi connectivity index (χ3v) is 5.08. The number of nitrogens with zero attached hydrogens (tertiary/aromatic N) is 3. The van der Waals surface area contributed by atoms with Gasteiger partial charge in [-0.2, -0.15) is 0 Å². The SMILES string of the molecule is Cn1c(SCCC(=O)Nc2ccccc2)nnc1-c1cccs1. The van der Waals surface area contributed by atoms with E-state index in [1.165, 1.54) is 11.8 Å². The number of hydrogen-bond acceptors (Lipinski definition) is 5. The zero-order chi connectivity index (χ0) is 16.1. The molecule has 0 aliphatic carbocycles. The number of amides is 1. The normalized spacial score (nSPS) is 10.7. The van der Waals surface area contributed by atoms with Crippen molar-refractivity contribution in [3.8, 4) is 10.7 Å². The molecule has 0 aliphatic heterocycles. The first-order valence-electron chi connectivity index (χ1n) is 7.15. The Morgan fingerprint density at radius 2 is 2.04 bits per heavy atom. The standard InChI is InChI=1S/C16H16N4OS2/c1-20-15(13-8-5-10-22-13)18-19-16(20)23-11-9-14(21)17-12-6-3-2-4-7-12/h2-8,10H,9,11H2,1H3,(H,17,21).